The van der Waals surface area contributed by atoms with E-state index in [0.717, 1.165) is 5.69 Å². The molecule has 0 aliphatic carbocycles. The van der Waals surface area contributed by atoms with Crippen molar-refractivity contribution in [2.24, 2.45) is 5.73 Å². The number of aromatic nitrogens is 2. The molecule has 0 bridgehead atoms. The Kier molecular flexibility index (Phi) is 4.79. The maximum absolute atomic E-state index is 12.3. The number of nitrogens with two attached hydrogens (primary N) is 1. The van der Waals surface area contributed by atoms with E-state index >= 15 is 0 Å². The molecule has 1 saturated heterocycles. The highest BCUT2D eigenvalue weighted by atomic mass is 16.2. The van der Waals surface area contributed by atoms with Gasteiger partial charge in [-0.25, -0.2) is 0 Å². The highest BCUT2D eigenvalue weighted by Crippen LogP contribution is 2.12. The van der Waals surface area contributed by atoms with Crippen LogP contribution in [0.15, 0.2) is 12.3 Å². The first kappa shape index (κ1) is 16.0. The SMILES string of the molecule is CC(=O)N1CCN(C(=O)CCn2ccc(C)n2)C(C(N)=O)C1. The number of carbonyl (C=O) groups is 3. The molecule has 22 heavy (non-hydrogen) atoms. The molecule has 8 heteroatoms. The Morgan fingerprint density at radius 1 is 1.36 bits per heavy atom. The number of aryl methyl sites for hydroxylation is 2. The molecule has 3 amide bonds. The molecule has 8 nitrogen and oxygen atoms in total. The second-order valence-corrected chi connectivity index (χ2v) is 5.44. The summed E-state index contributed by atoms with van der Waals surface area (Å²) in [6.07, 6.45) is 2.05. The Morgan fingerprint density at radius 2 is 2.09 bits per heavy atom. The number of rotatable bonds is 4. The van der Waals surface area contributed by atoms with Gasteiger partial charge in [0, 0.05) is 39.2 Å². The molecule has 0 radical (unpaired) electrons. The monoisotopic (exact) mass is 307 g/mol. The predicted molar refractivity (Wildman–Crippen MR) is 78.5 cm³/mol. The van der Waals surface area contributed by atoms with Crippen molar-refractivity contribution >= 4 is 17.7 Å². The first-order valence-corrected chi connectivity index (χ1v) is 7.23. The van der Waals surface area contributed by atoms with E-state index < -0.39 is 11.9 Å². The molecular formula is C14H21N5O3. The lowest BCUT2D eigenvalue weighted by Crippen LogP contribution is -2.60. The minimum absolute atomic E-state index is 0.120. The summed E-state index contributed by atoms with van der Waals surface area (Å²) in [6.45, 7) is 4.68. The van der Waals surface area contributed by atoms with Gasteiger partial charge in [-0.1, -0.05) is 0 Å². The summed E-state index contributed by atoms with van der Waals surface area (Å²) in [5.74, 6) is -0.861. The van der Waals surface area contributed by atoms with Crippen LogP contribution in [0.25, 0.3) is 0 Å². The van der Waals surface area contributed by atoms with E-state index in [1.807, 2.05) is 19.2 Å². The summed E-state index contributed by atoms with van der Waals surface area (Å²) in [5, 5.41) is 4.22. The molecule has 1 aromatic heterocycles. The van der Waals surface area contributed by atoms with E-state index in [-0.39, 0.29) is 24.8 Å². The molecule has 1 aromatic rings. The van der Waals surface area contributed by atoms with Gasteiger partial charge < -0.3 is 15.5 Å². The molecular weight excluding hydrogens is 286 g/mol. The molecule has 1 unspecified atom stereocenters. The Bertz CT molecular complexity index is 583. The average Bonchev–Trinajstić information content (AvgIpc) is 2.89. The van der Waals surface area contributed by atoms with Gasteiger partial charge in [-0.3, -0.25) is 19.1 Å². The molecule has 1 fully saturated rings. The number of primary amides is 1. The van der Waals surface area contributed by atoms with Gasteiger partial charge in [0.05, 0.1) is 12.2 Å². The Balaban J connectivity index is 1.98. The van der Waals surface area contributed by atoms with Gasteiger partial charge >= 0.3 is 0 Å². The fourth-order valence-corrected chi connectivity index (χ4v) is 2.55. The van der Waals surface area contributed by atoms with E-state index in [2.05, 4.69) is 5.10 Å². The lowest BCUT2D eigenvalue weighted by atomic mass is 10.1. The molecule has 2 heterocycles. The summed E-state index contributed by atoms with van der Waals surface area (Å²) in [6, 6.07) is 1.10. The van der Waals surface area contributed by atoms with Crippen LogP contribution in [0, 0.1) is 6.92 Å². The maximum Gasteiger partial charge on any atom is 0.242 e. The van der Waals surface area contributed by atoms with Crippen molar-refractivity contribution in [3.05, 3.63) is 18.0 Å². The Labute approximate surface area is 128 Å². The smallest absolute Gasteiger partial charge is 0.242 e. The van der Waals surface area contributed by atoms with E-state index in [1.165, 1.54) is 16.7 Å². The van der Waals surface area contributed by atoms with Crippen LogP contribution in [0.1, 0.15) is 19.0 Å². The number of carbonyl (C=O) groups excluding carboxylic acids is 3. The third-order valence-electron chi connectivity index (χ3n) is 3.80. The summed E-state index contributed by atoms with van der Waals surface area (Å²) in [5.41, 5.74) is 6.27. The standard InChI is InChI=1S/C14H21N5O3/c1-10-3-5-18(16-10)6-4-13(21)19-8-7-17(11(2)20)9-12(19)14(15)22/h3,5,12H,4,6-9H2,1-2H3,(H2,15,22). The molecule has 1 aliphatic heterocycles. The first-order valence-electron chi connectivity index (χ1n) is 7.23. The highest BCUT2D eigenvalue weighted by molar-refractivity contribution is 5.88. The fourth-order valence-electron chi connectivity index (χ4n) is 2.55. The third-order valence-corrected chi connectivity index (χ3v) is 3.80. The van der Waals surface area contributed by atoms with Crippen molar-refractivity contribution < 1.29 is 14.4 Å². The molecule has 1 atom stereocenters. The zero-order valence-corrected chi connectivity index (χ0v) is 12.9. The van der Waals surface area contributed by atoms with Crippen LogP contribution < -0.4 is 5.73 Å². The van der Waals surface area contributed by atoms with E-state index in [1.54, 1.807) is 4.68 Å². The summed E-state index contributed by atoms with van der Waals surface area (Å²) in [7, 11) is 0. The van der Waals surface area contributed by atoms with Crippen molar-refractivity contribution in [2.45, 2.75) is 32.9 Å². The van der Waals surface area contributed by atoms with Crippen molar-refractivity contribution in [3.63, 3.8) is 0 Å². The average molecular weight is 307 g/mol. The van der Waals surface area contributed by atoms with Crippen LogP contribution in [-0.2, 0) is 20.9 Å². The fraction of sp³-hybridized carbons (Fsp3) is 0.571. The quantitative estimate of drug-likeness (QED) is 0.781. The number of amides is 3. The van der Waals surface area contributed by atoms with Gasteiger partial charge in [-0.2, -0.15) is 5.10 Å². The molecule has 120 valence electrons. The van der Waals surface area contributed by atoms with Gasteiger partial charge in [0.1, 0.15) is 6.04 Å². The summed E-state index contributed by atoms with van der Waals surface area (Å²) < 4.78 is 1.69. The van der Waals surface area contributed by atoms with Gasteiger partial charge in [-0.05, 0) is 13.0 Å². The Morgan fingerprint density at radius 3 is 2.64 bits per heavy atom. The van der Waals surface area contributed by atoms with Gasteiger partial charge in [0.2, 0.25) is 17.7 Å². The second-order valence-electron chi connectivity index (χ2n) is 5.44. The maximum atomic E-state index is 12.3. The number of piperazine rings is 1. The zero-order chi connectivity index (χ0) is 16.3. The largest absolute Gasteiger partial charge is 0.368 e. The number of hydrogen-bond donors (Lipinski definition) is 1. The molecule has 0 aromatic carbocycles. The van der Waals surface area contributed by atoms with E-state index in [0.29, 0.717) is 19.6 Å². The number of hydrogen-bond acceptors (Lipinski definition) is 4. The van der Waals surface area contributed by atoms with Crippen LogP contribution in [0.3, 0.4) is 0 Å². The van der Waals surface area contributed by atoms with Gasteiger partial charge in [-0.15, -0.1) is 0 Å². The van der Waals surface area contributed by atoms with Crippen LogP contribution >= 0.6 is 0 Å². The van der Waals surface area contributed by atoms with Crippen molar-refractivity contribution in [2.75, 3.05) is 19.6 Å². The van der Waals surface area contributed by atoms with Gasteiger partial charge in [0.15, 0.2) is 0 Å². The lowest BCUT2D eigenvalue weighted by molar-refractivity contribution is -0.147. The lowest BCUT2D eigenvalue weighted by Gasteiger charge is -2.39. The summed E-state index contributed by atoms with van der Waals surface area (Å²) in [4.78, 5) is 38.4. The molecule has 2 rings (SSSR count). The van der Waals surface area contributed by atoms with Crippen molar-refractivity contribution in [1.82, 2.24) is 19.6 Å². The normalized spacial score (nSPS) is 18.4. The van der Waals surface area contributed by atoms with Crippen LogP contribution in [0.5, 0.6) is 0 Å². The molecule has 0 saturated carbocycles. The van der Waals surface area contributed by atoms with Crippen LogP contribution in [-0.4, -0.2) is 63.0 Å². The molecule has 1 aliphatic rings. The number of nitrogens with zero attached hydrogens (tertiary/aromatic N) is 4. The van der Waals surface area contributed by atoms with Gasteiger partial charge in [0.25, 0.3) is 0 Å². The second kappa shape index (κ2) is 6.59. The van der Waals surface area contributed by atoms with Crippen molar-refractivity contribution in [3.8, 4) is 0 Å². The predicted octanol–water partition coefficient (Wildman–Crippen LogP) is -0.874. The molecule has 0 spiro atoms. The zero-order valence-electron chi connectivity index (χ0n) is 12.9. The third kappa shape index (κ3) is 3.63. The minimum Gasteiger partial charge on any atom is -0.368 e. The highest BCUT2D eigenvalue weighted by Gasteiger charge is 2.34. The Hall–Kier alpha value is -2.38. The van der Waals surface area contributed by atoms with Crippen molar-refractivity contribution in [1.29, 1.82) is 0 Å². The first-order chi connectivity index (χ1) is 10.4. The van der Waals surface area contributed by atoms with Crippen LogP contribution in [0.2, 0.25) is 0 Å². The van der Waals surface area contributed by atoms with E-state index in [9.17, 15) is 14.4 Å². The van der Waals surface area contributed by atoms with E-state index in [4.69, 9.17) is 5.73 Å². The summed E-state index contributed by atoms with van der Waals surface area (Å²) >= 11 is 0. The van der Waals surface area contributed by atoms with Crippen LogP contribution in [0.4, 0.5) is 0 Å². The topological polar surface area (TPSA) is 102 Å². The minimum atomic E-state index is -0.760. The molecule has 2 N–H and O–H groups in total.